The predicted molar refractivity (Wildman–Crippen MR) is 65.8 cm³/mol. The Morgan fingerprint density at radius 1 is 1.26 bits per heavy atom. The quantitative estimate of drug-likeness (QED) is 0.371. The number of ether oxygens (including phenoxy) is 1. The van der Waals surface area contributed by atoms with Crippen molar-refractivity contribution in [2.75, 3.05) is 6.61 Å². The molecule has 0 aliphatic heterocycles. The lowest BCUT2D eigenvalue weighted by atomic mass is 10.1. The Labute approximate surface area is 109 Å². The minimum Gasteiger partial charge on any atom is -0.494 e. The summed E-state index contributed by atoms with van der Waals surface area (Å²) in [6.45, 7) is 1.73. The van der Waals surface area contributed by atoms with Crippen LogP contribution in [0.5, 0.6) is 5.75 Å². The van der Waals surface area contributed by atoms with Gasteiger partial charge >= 0.3 is 6.18 Å². The van der Waals surface area contributed by atoms with Crippen LogP contribution in [0.2, 0.25) is 0 Å². The van der Waals surface area contributed by atoms with Gasteiger partial charge in [-0.25, -0.2) is 0 Å². The van der Waals surface area contributed by atoms with Gasteiger partial charge in [-0.15, -0.1) is 0 Å². The molecule has 0 atom stereocenters. The van der Waals surface area contributed by atoms with Crippen LogP contribution in [0.15, 0.2) is 29.4 Å². The van der Waals surface area contributed by atoms with Crippen molar-refractivity contribution < 1.29 is 23.1 Å². The van der Waals surface area contributed by atoms with Crippen LogP contribution in [0, 0.1) is 0 Å². The van der Waals surface area contributed by atoms with E-state index in [1.54, 1.807) is 31.2 Å². The summed E-state index contributed by atoms with van der Waals surface area (Å²) in [6.07, 6.45) is -4.50. The number of rotatable bonds is 6. The number of halogens is 3. The van der Waals surface area contributed by atoms with E-state index < -0.39 is 12.6 Å². The highest BCUT2D eigenvalue weighted by Gasteiger charge is 2.26. The number of alkyl halides is 3. The molecule has 106 valence electrons. The van der Waals surface area contributed by atoms with E-state index in [1.165, 1.54) is 0 Å². The predicted octanol–water partition coefficient (Wildman–Crippen LogP) is 3.80. The van der Waals surface area contributed by atoms with Gasteiger partial charge in [0.05, 0.1) is 12.3 Å². The second-order valence-electron chi connectivity index (χ2n) is 4.22. The van der Waals surface area contributed by atoms with Crippen LogP contribution < -0.4 is 4.74 Å². The number of hydrogen-bond acceptors (Lipinski definition) is 3. The van der Waals surface area contributed by atoms with E-state index in [0.717, 1.165) is 5.56 Å². The Kier molecular flexibility index (Phi) is 5.66. The topological polar surface area (TPSA) is 41.8 Å². The van der Waals surface area contributed by atoms with Gasteiger partial charge in [0, 0.05) is 12.8 Å². The Morgan fingerprint density at radius 3 is 2.42 bits per heavy atom. The number of hydrogen-bond donors (Lipinski definition) is 1. The SMILES string of the molecule is C/C(Cc1ccc(OCCCC(F)(F)F)cc1)=N/O. The zero-order valence-electron chi connectivity index (χ0n) is 10.6. The maximum atomic E-state index is 11.9. The molecule has 0 saturated carbocycles. The third kappa shape index (κ3) is 6.69. The summed E-state index contributed by atoms with van der Waals surface area (Å²) in [5.74, 6) is 0.532. The summed E-state index contributed by atoms with van der Waals surface area (Å²) in [4.78, 5) is 0. The average molecular weight is 275 g/mol. The molecule has 3 nitrogen and oxygen atoms in total. The highest BCUT2D eigenvalue weighted by molar-refractivity contribution is 5.83. The van der Waals surface area contributed by atoms with E-state index in [0.29, 0.717) is 17.9 Å². The first-order valence-electron chi connectivity index (χ1n) is 5.87. The van der Waals surface area contributed by atoms with E-state index >= 15 is 0 Å². The van der Waals surface area contributed by atoms with Gasteiger partial charge in [0.1, 0.15) is 5.75 Å². The lowest BCUT2D eigenvalue weighted by molar-refractivity contribution is -0.136. The lowest BCUT2D eigenvalue weighted by Gasteiger charge is -2.08. The van der Waals surface area contributed by atoms with Gasteiger partial charge in [-0.05, 0) is 31.0 Å². The molecule has 0 amide bonds. The molecular formula is C13H16F3NO2. The van der Waals surface area contributed by atoms with E-state index in [2.05, 4.69) is 5.16 Å². The van der Waals surface area contributed by atoms with E-state index in [4.69, 9.17) is 9.94 Å². The molecule has 0 aromatic heterocycles. The van der Waals surface area contributed by atoms with Crippen LogP contribution in [0.25, 0.3) is 0 Å². The first kappa shape index (κ1) is 15.3. The Hall–Kier alpha value is -1.72. The second kappa shape index (κ2) is 7.01. The van der Waals surface area contributed by atoms with Gasteiger partial charge in [0.15, 0.2) is 0 Å². The molecule has 19 heavy (non-hydrogen) atoms. The van der Waals surface area contributed by atoms with E-state index in [9.17, 15) is 13.2 Å². The lowest BCUT2D eigenvalue weighted by Crippen LogP contribution is -2.09. The van der Waals surface area contributed by atoms with Crippen LogP contribution in [0.3, 0.4) is 0 Å². The second-order valence-corrected chi connectivity index (χ2v) is 4.22. The number of nitrogens with zero attached hydrogens (tertiary/aromatic N) is 1. The molecule has 6 heteroatoms. The molecule has 0 aliphatic carbocycles. The fraction of sp³-hybridized carbons (Fsp3) is 0.462. The molecule has 0 fully saturated rings. The van der Waals surface area contributed by atoms with Crippen molar-refractivity contribution in [2.24, 2.45) is 5.16 Å². The van der Waals surface area contributed by atoms with Crippen LogP contribution >= 0.6 is 0 Å². The van der Waals surface area contributed by atoms with Crippen molar-refractivity contribution in [2.45, 2.75) is 32.4 Å². The zero-order chi connectivity index (χ0) is 14.3. The molecule has 1 aromatic carbocycles. The molecule has 0 bridgehead atoms. The molecule has 0 radical (unpaired) electrons. The van der Waals surface area contributed by atoms with Gasteiger partial charge in [0.25, 0.3) is 0 Å². The maximum Gasteiger partial charge on any atom is 0.389 e. The van der Waals surface area contributed by atoms with Crippen molar-refractivity contribution in [3.8, 4) is 5.75 Å². The zero-order valence-corrected chi connectivity index (χ0v) is 10.6. The van der Waals surface area contributed by atoms with Crippen LogP contribution in [-0.4, -0.2) is 23.7 Å². The molecule has 1 aromatic rings. The Balaban J connectivity index is 2.36. The summed E-state index contributed by atoms with van der Waals surface area (Å²) in [5, 5.41) is 11.6. The van der Waals surface area contributed by atoms with Crippen LogP contribution in [-0.2, 0) is 6.42 Å². The number of oxime groups is 1. The van der Waals surface area contributed by atoms with Gasteiger partial charge in [0.2, 0.25) is 0 Å². The summed E-state index contributed by atoms with van der Waals surface area (Å²) in [7, 11) is 0. The smallest absolute Gasteiger partial charge is 0.389 e. The average Bonchev–Trinajstić information content (AvgIpc) is 2.35. The third-order valence-corrected chi connectivity index (χ3v) is 2.43. The number of benzene rings is 1. The molecule has 0 spiro atoms. The first-order chi connectivity index (χ1) is 8.90. The minimum absolute atomic E-state index is 0.0377. The van der Waals surface area contributed by atoms with Gasteiger partial charge in [-0.2, -0.15) is 13.2 Å². The molecule has 0 saturated heterocycles. The molecule has 0 aliphatic rings. The monoisotopic (exact) mass is 275 g/mol. The largest absolute Gasteiger partial charge is 0.494 e. The third-order valence-electron chi connectivity index (χ3n) is 2.43. The van der Waals surface area contributed by atoms with Crippen molar-refractivity contribution in [1.29, 1.82) is 0 Å². The highest BCUT2D eigenvalue weighted by atomic mass is 19.4. The summed E-state index contributed by atoms with van der Waals surface area (Å²) in [5.41, 5.74) is 1.52. The van der Waals surface area contributed by atoms with Crippen molar-refractivity contribution in [1.82, 2.24) is 0 Å². The van der Waals surface area contributed by atoms with Gasteiger partial charge in [-0.3, -0.25) is 0 Å². The Bertz CT molecular complexity index is 413. The van der Waals surface area contributed by atoms with Crippen molar-refractivity contribution >= 4 is 5.71 Å². The van der Waals surface area contributed by atoms with Crippen molar-refractivity contribution in [3.05, 3.63) is 29.8 Å². The summed E-state index contributed by atoms with van der Waals surface area (Å²) >= 11 is 0. The fourth-order valence-corrected chi connectivity index (χ4v) is 1.50. The van der Waals surface area contributed by atoms with E-state index in [1.807, 2.05) is 0 Å². The molecule has 1 rings (SSSR count). The fourth-order valence-electron chi connectivity index (χ4n) is 1.50. The van der Waals surface area contributed by atoms with Crippen LogP contribution in [0.1, 0.15) is 25.3 Å². The van der Waals surface area contributed by atoms with Crippen LogP contribution in [0.4, 0.5) is 13.2 Å². The van der Waals surface area contributed by atoms with Gasteiger partial charge < -0.3 is 9.94 Å². The first-order valence-corrected chi connectivity index (χ1v) is 5.87. The molecule has 1 N–H and O–H groups in total. The summed E-state index contributed by atoms with van der Waals surface area (Å²) in [6, 6.07) is 6.95. The van der Waals surface area contributed by atoms with E-state index in [-0.39, 0.29) is 13.0 Å². The summed E-state index contributed by atoms with van der Waals surface area (Å²) < 4.78 is 40.9. The maximum absolute atomic E-state index is 11.9. The Morgan fingerprint density at radius 2 is 1.89 bits per heavy atom. The molecular weight excluding hydrogens is 259 g/mol. The highest BCUT2D eigenvalue weighted by Crippen LogP contribution is 2.21. The standard InChI is InChI=1S/C13H16F3NO2/c1-10(17-18)9-11-3-5-12(6-4-11)19-8-2-7-13(14,15)16/h3-6,18H,2,7-9H2,1H3/b17-10-. The molecule has 0 unspecified atom stereocenters. The normalized spacial score (nSPS) is 12.5. The van der Waals surface area contributed by atoms with Crippen molar-refractivity contribution in [3.63, 3.8) is 0 Å². The van der Waals surface area contributed by atoms with Gasteiger partial charge in [-0.1, -0.05) is 17.3 Å². The minimum atomic E-state index is -4.13. The molecule has 0 heterocycles.